The van der Waals surface area contributed by atoms with E-state index in [-0.39, 0.29) is 37.4 Å². The summed E-state index contributed by atoms with van der Waals surface area (Å²) >= 11 is 0. The molecule has 1 aliphatic heterocycles. The normalized spacial score (nSPS) is 21.3. The minimum absolute atomic E-state index is 0. The van der Waals surface area contributed by atoms with Crippen molar-refractivity contribution in [1.82, 2.24) is 9.97 Å². The lowest BCUT2D eigenvalue weighted by atomic mass is 9.84. The van der Waals surface area contributed by atoms with Gasteiger partial charge in [0, 0.05) is 19.7 Å². The first kappa shape index (κ1) is 43.3. The standard InChI is InChI=1S/C10H14.C8H16.C6H8N2.C6H12O2.4CH4.H2/c1-7-5-8(2)10(4)9(3)6-7;1-7-3-5-8(2)6-4-7;2*1-5-3-7-6(2)8-4-5;;;;;/h5-6H,1-4H3;7-8H,3-6H2,1-2H3;3-4H,1-2H3;5-6H,3-4H2,1-2H3;4*1H4;1H. The molecule has 2 aliphatic rings. The number of aromatic nitrogens is 2. The van der Waals surface area contributed by atoms with Crippen molar-refractivity contribution in [3.63, 3.8) is 0 Å². The number of nitrogens with zero attached hydrogens (tertiary/aromatic N) is 2. The quantitative estimate of drug-likeness (QED) is 0.336. The fraction of sp³-hybridized carbons (Fsp3) is 0.706. The van der Waals surface area contributed by atoms with E-state index in [0.717, 1.165) is 36.4 Å². The Morgan fingerprint density at radius 3 is 1.29 bits per heavy atom. The van der Waals surface area contributed by atoms with Crippen LogP contribution in [0.4, 0.5) is 0 Å². The van der Waals surface area contributed by atoms with Gasteiger partial charge in [0.25, 0.3) is 0 Å². The number of hydrogen-bond acceptors (Lipinski definition) is 4. The van der Waals surface area contributed by atoms with E-state index in [4.69, 9.17) is 9.47 Å². The molecule has 2 fully saturated rings. The van der Waals surface area contributed by atoms with Gasteiger partial charge in [0.05, 0.1) is 13.2 Å². The second-order valence-electron chi connectivity index (χ2n) is 10.5. The topological polar surface area (TPSA) is 44.2 Å². The van der Waals surface area contributed by atoms with E-state index < -0.39 is 0 Å². The Hall–Kier alpha value is -1.78. The summed E-state index contributed by atoms with van der Waals surface area (Å²) < 4.78 is 10.3. The fourth-order valence-corrected chi connectivity index (χ4v) is 3.83. The summed E-state index contributed by atoms with van der Waals surface area (Å²) in [7, 11) is 0. The molecule has 0 atom stereocenters. The van der Waals surface area contributed by atoms with Crippen molar-refractivity contribution in [3.05, 3.63) is 58.2 Å². The maximum absolute atomic E-state index is 5.17. The van der Waals surface area contributed by atoms with Gasteiger partial charge in [0.1, 0.15) is 5.82 Å². The van der Waals surface area contributed by atoms with Crippen LogP contribution in [0.1, 0.15) is 118 Å². The summed E-state index contributed by atoms with van der Waals surface area (Å²) in [5.74, 6) is 3.44. The fourth-order valence-electron chi connectivity index (χ4n) is 3.83. The Balaban J connectivity index is -0.000000127. The molecule has 2 aromatic rings. The number of hydrogen-bond donors (Lipinski definition) is 0. The van der Waals surface area contributed by atoms with Crippen molar-refractivity contribution in [3.8, 4) is 0 Å². The molecule has 0 N–H and O–H groups in total. The van der Waals surface area contributed by atoms with Gasteiger partial charge in [-0.25, -0.2) is 9.97 Å². The molecule has 1 aromatic carbocycles. The van der Waals surface area contributed by atoms with E-state index in [2.05, 4.69) is 70.6 Å². The van der Waals surface area contributed by atoms with Gasteiger partial charge >= 0.3 is 0 Å². The molecule has 0 bridgehead atoms. The monoisotopic (exact) mass is 537 g/mol. The SMILES string of the molecule is C.C.C.C.CC1CCC(C)CC1.CC1COC(C)OC1.Cc1cc(C)c(C)c(C)c1.Cc1cnc(C)nc1.[HH]. The van der Waals surface area contributed by atoms with E-state index in [1.165, 1.54) is 47.9 Å². The highest BCUT2D eigenvalue weighted by Gasteiger charge is 2.14. The van der Waals surface area contributed by atoms with E-state index in [0.29, 0.717) is 5.92 Å². The third kappa shape index (κ3) is 19.3. The van der Waals surface area contributed by atoms with Crippen molar-refractivity contribution in [2.45, 2.75) is 131 Å². The van der Waals surface area contributed by atoms with Crippen molar-refractivity contribution < 1.29 is 10.9 Å². The van der Waals surface area contributed by atoms with E-state index in [1.807, 2.05) is 33.2 Å². The molecule has 226 valence electrons. The predicted molar refractivity (Wildman–Crippen MR) is 173 cm³/mol. The van der Waals surface area contributed by atoms with E-state index >= 15 is 0 Å². The van der Waals surface area contributed by atoms with Gasteiger partial charge in [-0.15, -0.1) is 0 Å². The van der Waals surface area contributed by atoms with Crippen LogP contribution in [0.5, 0.6) is 0 Å². The zero-order chi connectivity index (χ0) is 25.7. The molecule has 1 saturated carbocycles. The van der Waals surface area contributed by atoms with Crippen molar-refractivity contribution in [2.75, 3.05) is 13.2 Å². The lowest BCUT2D eigenvalue weighted by molar-refractivity contribution is -0.187. The zero-order valence-electron chi connectivity index (χ0n) is 23.6. The lowest BCUT2D eigenvalue weighted by Crippen LogP contribution is -2.27. The van der Waals surface area contributed by atoms with Crippen LogP contribution >= 0.6 is 0 Å². The van der Waals surface area contributed by atoms with Crippen LogP contribution in [0.25, 0.3) is 0 Å². The second kappa shape index (κ2) is 23.1. The summed E-state index contributed by atoms with van der Waals surface area (Å²) in [5.41, 5.74) is 6.69. The number of aryl methyl sites for hydroxylation is 5. The summed E-state index contributed by atoms with van der Waals surface area (Å²) in [6.07, 6.45) is 9.53. The van der Waals surface area contributed by atoms with Crippen LogP contribution in [-0.4, -0.2) is 29.5 Å². The van der Waals surface area contributed by atoms with E-state index in [1.54, 1.807) is 0 Å². The van der Waals surface area contributed by atoms with Crippen LogP contribution in [0, 0.1) is 59.3 Å². The summed E-state index contributed by atoms with van der Waals surface area (Å²) in [6, 6.07) is 4.45. The Kier molecular flexibility index (Phi) is 26.4. The van der Waals surface area contributed by atoms with Crippen molar-refractivity contribution >= 4 is 0 Å². The molecule has 0 radical (unpaired) electrons. The van der Waals surface area contributed by atoms with Gasteiger partial charge in [-0.05, 0) is 82.6 Å². The van der Waals surface area contributed by atoms with Crippen LogP contribution in [0.2, 0.25) is 0 Å². The third-order valence-electron chi connectivity index (χ3n) is 6.52. The minimum Gasteiger partial charge on any atom is -0.353 e. The Morgan fingerprint density at radius 1 is 0.605 bits per heavy atom. The summed E-state index contributed by atoms with van der Waals surface area (Å²) in [4.78, 5) is 7.94. The van der Waals surface area contributed by atoms with Crippen molar-refractivity contribution in [2.24, 2.45) is 17.8 Å². The number of ether oxygens (including phenoxy) is 2. The molecular formula is C34H68N2O2. The average Bonchev–Trinajstić information content (AvgIpc) is 2.79. The highest BCUT2D eigenvalue weighted by Crippen LogP contribution is 2.27. The van der Waals surface area contributed by atoms with Crippen LogP contribution in [0.15, 0.2) is 24.5 Å². The maximum Gasteiger partial charge on any atom is 0.154 e. The van der Waals surface area contributed by atoms with Gasteiger partial charge in [0.15, 0.2) is 6.29 Å². The number of benzene rings is 1. The predicted octanol–water partition coefficient (Wildman–Crippen LogP) is 10.7. The highest BCUT2D eigenvalue weighted by molar-refractivity contribution is 5.36. The first-order valence-corrected chi connectivity index (χ1v) is 13.0. The molecule has 0 spiro atoms. The third-order valence-corrected chi connectivity index (χ3v) is 6.52. The van der Waals surface area contributed by atoms with Crippen LogP contribution in [-0.2, 0) is 9.47 Å². The second-order valence-corrected chi connectivity index (χ2v) is 10.5. The van der Waals surface area contributed by atoms with Crippen LogP contribution in [0.3, 0.4) is 0 Å². The summed E-state index contributed by atoms with van der Waals surface area (Å²) in [5, 5.41) is 0. The average molecular weight is 537 g/mol. The molecule has 38 heavy (non-hydrogen) atoms. The molecular weight excluding hydrogens is 468 g/mol. The molecule has 1 aromatic heterocycles. The van der Waals surface area contributed by atoms with E-state index in [9.17, 15) is 0 Å². The molecule has 2 heterocycles. The first-order valence-electron chi connectivity index (χ1n) is 13.0. The molecule has 4 heteroatoms. The molecule has 4 rings (SSSR count). The smallest absolute Gasteiger partial charge is 0.154 e. The molecule has 0 unspecified atom stereocenters. The lowest BCUT2D eigenvalue weighted by Gasteiger charge is -2.24. The highest BCUT2D eigenvalue weighted by atomic mass is 16.7. The van der Waals surface area contributed by atoms with Crippen LogP contribution < -0.4 is 0 Å². The van der Waals surface area contributed by atoms with Gasteiger partial charge in [-0.1, -0.05) is 93.9 Å². The number of rotatable bonds is 0. The maximum atomic E-state index is 5.17. The largest absolute Gasteiger partial charge is 0.353 e. The molecule has 0 amide bonds. The molecule has 4 nitrogen and oxygen atoms in total. The van der Waals surface area contributed by atoms with Gasteiger partial charge < -0.3 is 9.47 Å². The van der Waals surface area contributed by atoms with Crippen molar-refractivity contribution in [1.29, 1.82) is 0 Å². The van der Waals surface area contributed by atoms with Gasteiger partial charge in [-0.2, -0.15) is 0 Å². The first-order chi connectivity index (χ1) is 16.0. The Labute approximate surface area is 240 Å². The van der Waals surface area contributed by atoms with Gasteiger partial charge in [0.2, 0.25) is 0 Å². The minimum atomic E-state index is 0. The molecule has 1 aliphatic carbocycles. The Bertz CT molecular complexity index is 726. The summed E-state index contributed by atoms with van der Waals surface area (Å²) in [6.45, 7) is 22.9. The Morgan fingerprint density at radius 2 is 0.974 bits per heavy atom. The van der Waals surface area contributed by atoms with Gasteiger partial charge in [-0.3, -0.25) is 0 Å². The zero-order valence-corrected chi connectivity index (χ0v) is 23.6. The molecule has 1 saturated heterocycles.